The van der Waals surface area contributed by atoms with Gasteiger partial charge in [0.15, 0.2) is 6.61 Å². The molecule has 7 nitrogen and oxygen atoms in total. The number of carbonyl (C=O) groups is 3. The maximum absolute atomic E-state index is 12.9. The maximum Gasteiger partial charge on any atom is 0.338 e. The monoisotopic (exact) mass is 410 g/mol. The highest BCUT2D eigenvalue weighted by Crippen LogP contribution is 2.31. The van der Waals surface area contributed by atoms with E-state index in [0.29, 0.717) is 29.3 Å². The average molecular weight is 410 g/mol. The fraction of sp³-hybridized carbons (Fsp3) is 0.348. The van der Waals surface area contributed by atoms with Crippen LogP contribution in [0.15, 0.2) is 48.5 Å². The molecule has 0 radical (unpaired) electrons. The van der Waals surface area contributed by atoms with E-state index in [4.69, 9.17) is 9.47 Å². The van der Waals surface area contributed by atoms with Gasteiger partial charge in [-0.25, -0.2) is 4.79 Å². The zero-order valence-corrected chi connectivity index (χ0v) is 17.2. The fourth-order valence-electron chi connectivity index (χ4n) is 3.27. The summed E-state index contributed by atoms with van der Waals surface area (Å²) in [6, 6.07) is 13.3. The molecule has 1 N–H and O–H groups in total. The first-order valence-corrected chi connectivity index (χ1v) is 10.1. The van der Waals surface area contributed by atoms with Crippen molar-refractivity contribution in [3.8, 4) is 5.75 Å². The molecule has 1 atom stereocenters. The summed E-state index contributed by atoms with van der Waals surface area (Å²) in [4.78, 5) is 38.8. The van der Waals surface area contributed by atoms with Crippen LogP contribution in [0.1, 0.15) is 43.5 Å². The minimum Gasteiger partial charge on any atom is -0.494 e. The van der Waals surface area contributed by atoms with Gasteiger partial charge in [0.25, 0.3) is 5.91 Å². The Hall–Kier alpha value is -3.35. The number of anilines is 2. The van der Waals surface area contributed by atoms with Gasteiger partial charge < -0.3 is 19.7 Å². The molecule has 2 amide bonds. The SMILES string of the molecule is CCCCOc1ccc(C(=O)OCC(=O)N2c3ccccc3NC(=O)CC2C)cc1. The zero-order chi connectivity index (χ0) is 21.5. The number of hydrogen-bond acceptors (Lipinski definition) is 5. The molecule has 158 valence electrons. The van der Waals surface area contributed by atoms with Crippen LogP contribution in [-0.2, 0) is 14.3 Å². The molecule has 0 aliphatic carbocycles. The van der Waals surface area contributed by atoms with Crippen LogP contribution >= 0.6 is 0 Å². The summed E-state index contributed by atoms with van der Waals surface area (Å²) in [5.74, 6) is -0.459. The van der Waals surface area contributed by atoms with Crippen molar-refractivity contribution in [2.45, 2.75) is 39.2 Å². The van der Waals surface area contributed by atoms with Gasteiger partial charge in [0.1, 0.15) is 5.75 Å². The van der Waals surface area contributed by atoms with Crippen molar-refractivity contribution in [3.63, 3.8) is 0 Å². The highest BCUT2D eigenvalue weighted by molar-refractivity contribution is 6.05. The zero-order valence-electron chi connectivity index (χ0n) is 17.2. The highest BCUT2D eigenvalue weighted by Gasteiger charge is 2.30. The third-order valence-corrected chi connectivity index (χ3v) is 4.81. The summed E-state index contributed by atoms with van der Waals surface area (Å²) in [5.41, 5.74) is 1.49. The fourth-order valence-corrected chi connectivity index (χ4v) is 3.27. The summed E-state index contributed by atoms with van der Waals surface area (Å²) in [7, 11) is 0. The van der Waals surface area contributed by atoms with Crippen molar-refractivity contribution in [3.05, 3.63) is 54.1 Å². The van der Waals surface area contributed by atoms with Gasteiger partial charge in [-0.3, -0.25) is 9.59 Å². The highest BCUT2D eigenvalue weighted by atomic mass is 16.5. The van der Waals surface area contributed by atoms with Gasteiger partial charge in [0.05, 0.1) is 23.5 Å². The van der Waals surface area contributed by atoms with E-state index >= 15 is 0 Å². The van der Waals surface area contributed by atoms with Crippen molar-refractivity contribution in [2.75, 3.05) is 23.4 Å². The minimum atomic E-state index is -0.589. The number of hydrogen-bond donors (Lipinski definition) is 1. The Balaban J connectivity index is 1.63. The number of nitrogens with zero attached hydrogens (tertiary/aromatic N) is 1. The minimum absolute atomic E-state index is 0.161. The molecular weight excluding hydrogens is 384 g/mol. The number of unbranched alkanes of at least 4 members (excludes halogenated alkanes) is 1. The number of para-hydroxylation sites is 2. The van der Waals surface area contributed by atoms with Crippen LogP contribution < -0.4 is 15.0 Å². The van der Waals surface area contributed by atoms with Crippen LogP contribution in [-0.4, -0.2) is 37.0 Å². The van der Waals surface area contributed by atoms with E-state index in [-0.39, 0.29) is 24.3 Å². The van der Waals surface area contributed by atoms with Gasteiger partial charge in [-0.1, -0.05) is 25.5 Å². The van der Waals surface area contributed by atoms with Crippen LogP contribution in [0.2, 0.25) is 0 Å². The van der Waals surface area contributed by atoms with Crippen molar-refractivity contribution >= 4 is 29.2 Å². The van der Waals surface area contributed by atoms with Gasteiger partial charge in [-0.05, 0) is 49.7 Å². The first-order valence-electron chi connectivity index (χ1n) is 10.1. The molecule has 0 saturated carbocycles. The largest absolute Gasteiger partial charge is 0.494 e. The third kappa shape index (κ3) is 5.17. The number of nitrogens with one attached hydrogen (secondary N) is 1. The molecule has 0 fully saturated rings. The lowest BCUT2D eigenvalue weighted by molar-refractivity contribution is -0.122. The summed E-state index contributed by atoms with van der Waals surface area (Å²) in [6.45, 7) is 4.09. The Kier molecular flexibility index (Phi) is 7.06. The molecule has 2 aromatic carbocycles. The second-order valence-electron chi connectivity index (χ2n) is 7.18. The molecule has 7 heteroatoms. The number of carbonyl (C=O) groups excluding carboxylic acids is 3. The summed E-state index contributed by atoms with van der Waals surface area (Å²) >= 11 is 0. The molecular formula is C23H26N2O5. The maximum atomic E-state index is 12.9. The Labute approximate surface area is 176 Å². The van der Waals surface area contributed by atoms with Gasteiger partial charge in [0, 0.05) is 12.5 Å². The Morgan fingerprint density at radius 3 is 2.60 bits per heavy atom. The lowest BCUT2D eigenvalue weighted by atomic mass is 10.1. The van der Waals surface area contributed by atoms with Crippen LogP contribution in [0.5, 0.6) is 5.75 Å². The van der Waals surface area contributed by atoms with E-state index in [1.165, 1.54) is 4.90 Å². The van der Waals surface area contributed by atoms with Gasteiger partial charge in [0.2, 0.25) is 5.91 Å². The third-order valence-electron chi connectivity index (χ3n) is 4.81. The second kappa shape index (κ2) is 9.91. The lowest BCUT2D eigenvalue weighted by Crippen LogP contribution is -2.41. The molecule has 2 aromatic rings. The smallest absolute Gasteiger partial charge is 0.338 e. The number of ether oxygens (including phenoxy) is 2. The summed E-state index contributed by atoms with van der Waals surface area (Å²) in [5, 5.41) is 2.80. The van der Waals surface area contributed by atoms with Gasteiger partial charge >= 0.3 is 5.97 Å². The van der Waals surface area contributed by atoms with Crippen LogP contribution in [0.25, 0.3) is 0 Å². The van der Waals surface area contributed by atoms with Crippen molar-refractivity contribution in [1.82, 2.24) is 0 Å². The first kappa shape index (κ1) is 21.4. The Morgan fingerprint density at radius 1 is 1.13 bits per heavy atom. The van der Waals surface area contributed by atoms with Crippen molar-refractivity contribution in [1.29, 1.82) is 0 Å². The molecule has 0 saturated heterocycles. The number of fused-ring (bicyclic) bond motifs is 1. The quantitative estimate of drug-likeness (QED) is 0.555. The number of rotatable bonds is 7. The Bertz CT molecular complexity index is 910. The molecule has 30 heavy (non-hydrogen) atoms. The van der Waals surface area contributed by atoms with E-state index in [1.54, 1.807) is 55.5 Å². The average Bonchev–Trinajstić information content (AvgIpc) is 2.86. The van der Waals surface area contributed by atoms with Crippen LogP contribution in [0.3, 0.4) is 0 Å². The molecule has 1 aliphatic heterocycles. The van der Waals surface area contributed by atoms with E-state index in [0.717, 1.165) is 12.8 Å². The topological polar surface area (TPSA) is 84.9 Å². The predicted octanol–water partition coefficient (Wildman–Crippen LogP) is 3.79. The van der Waals surface area contributed by atoms with Gasteiger partial charge in [-0.15, -0.1) is 0 Å². The summed E-state index contributed by atoms with van der Waals surface area (Å²) < 4.78 is 10.8. The van der Waals surface area contributed by atoms with E-state index in [1.807, 2.05) is 0 Å². The number of amides is 2. The van der Waals surface area contributed by atoms with Crippen LogP contribution in [0, 0.1) is 0 Å². The lowest BCUT2D eigenvalue weighted by Gasteiger charge is -2.27. The molecule has 1 heterocycles. The first-order chi connectivity index (χ1) is 14.5. The van der Waals surface area contributed by atoms with Crippen molar-refractivity contribution < 1.29 is 23.9 Å². The van der Waals surface area contributed by atoms with E-state index in [9.17, 15) is 14.4 Å². The van der Waals surface area contributed by atoms with Gasteiger partial charge in [-0.2, -0.15) is 0 Å². The van der Waals surface area contributed by atoms with Crippen LogP contribution in [0.4, 0.5) is 11.4 Å². The molecule has 3 rings (SSSR count). The van der Waals surface area contributed by atoms with E-state index in [2.05, 4.69) is 12.2 Å². The normalized spacial score (nSPS) is 15.6. The predicted molar refractivity (Wildman–Crippen MR) is 114 cm³/mol. The molecule has 0 aromatic heterocycles. The Morgan fingerprint density at radius 2 is 1.87 bits per heavy atom. The molecule has 0 spiro atoms. The van der Waals surface area contributed by atoms with Crippen molar-refractivity contribution in [2.24, 2.45) is 0 Å². The molecule has 0 bridgehead atoms. The van der Waals surface area contributed by atoms with E-state index < -0.39 is 12.6 Å². The molecule has 1 unspecified atom stereocenters. The second-order valence-corrected chi connectivity index (χ2v) is 7.18. The number of esters is 1. The standard InChI is InChI=1S/C23H26N2O5/c1-3-4-13-29-18-11-9-17(10-12-18)23(28)30-15-22(27)25-16(2)14-21(26)24-19-7-5-6-8-20(19)25/h5-12,16H,3-4,13-15H2,1-2H3,(H,24,26). The summed E-state index contributed by atoms with van der Waals surface area (Å²) in [6.07, 6.45) is 2.17. The molecule has 1 aliphatic rings. The number of benzene rings is 2.